The van der Waals surface area contributed by atoms with E-state index in [-0.39, 0.29) is 10.5 Å². The first-order valence-electron chi connectivity index (χ1n) is 5.87. The predicted molar refractivity (Wildman–Crippen MR) is 74.3 cm³/mol. The maximum atomic E-state index is 12.9. The first kappa shape index (κ1) is 15.0. The molecule has 2 nitrogen and oxygen atoms in total. The van der Waals surface area contributed by atoms with Crippen molar-refractivity contribution < 1.29 is 13.2 Å². The molecule has 1 aromatic heterocycles. The van der Waals surface area contributed by atoms with Crippen LogP contribution < -0.4 is 5.32 Å². The molecule has 0 saturated heterocycles. The van der Waals surface area contributed by atoms with Crippen LogP contribution in [0.4, 0.5) is 13.2 Å². The molecule has 0 aliphatic heterocycles. The van der Waals surface area contributed by atoms with Crippen molar-refractivity contribution >= 4 is 15.9 Å². The summed E-state index contributed by atoms with van der Waals surface area (Å²) < 4.78 is 38.8. The molecule has 0 radical (unpaired) electrons. The molecule has 2 aromatic rings. The molecule has 1 atom stereocenters. The van der Waals surface area contributed by atoms with E-state index in [0.717, 1.165) is 11.6 Å². The summed E-state index contributed by atoms with van der Waals surface area (Å²) in [5.41, 5.74) is 0.667. The van der Waals surface area contributed by atoms with Gasteiger partial charge >= 0.3 is 6.18 Å². The Kier molecular flexibility index (Phi) is 4.45. The molecule has 106 valence electrons. The molecule has 0 fully saturated rings. The van der Waals surface area contributed by atoms with Crippen LogP contribution in [0, 0.1) is 0 Å². The highest BCUT2D eigenvalue weighted by Gasteiger charge is 2.33. The summed E-state index contributed by atoms with van der Waals surface area (Å²) in [5.74, 6) is 0. The number of benzene rings is 1. The molecule has 0 spiro atoms. The summed E-state index contributed by atoms with van der Waals surface area (Å²) >= 11 is 2.94. The molecule has 1 heterocycles. The van der Waals surface area contributed by atoms with Crippen molar-refractivity contribution in [1.82, 2.24) is 10.3 Å². The fraction of sp³-hybridized carbons (Fsp3) is 0.214. The largest absolute Gasteiger partial charge is 0.417 e. The average Bonchev–Trinajstić information content (AvgIpc) is 2.41. The minimum atomic E-state index is -4.39. The minimum absolute atomic E-state index is 0.0368. The Bertz CT molecular complexity index is 585. The Balaban J connectivity index is 2.46. The second-order valence-corrected chi connectivity index (χ2v) is 5.10. The Labute approximate surface area is 123 Å². The van der Waals surface area contributed by atoms with E-state index in [1.165, 1.54) is 6.07 Å². The first-order chi connectivity index (χ1) is 9.43. The van der Waals surface area contributed by atoms with Crippen molar-refractivity contribution in [2.24, 2.45) is 0 Å². The molecule has 1 N–H and O–H groups in total. The number of rotatable bonds is 3. The monoisotopic (exact) mass is 344 g/mol. The van der Waals surface area contributed by atoms with Gasteiger partial charge in [0.05, 0.1) is 11.6 Å². The molecular weight excluding hydrogens is 333 g/mol. The summed E-state index contributed by atoms with van der Waals surface area (Å²) in [6, 6.07) is 7.47. The lowest BCUT2D eigenvalue weighted by Gasteiger charge is -2.19. The number of pyridine rings is 1. The smallest absolute Gasteiger partial charge is 0.309 e. The second-order valence-electron chi connectivity index (χ2n) is 4.25. The number of aromatic nitrogens is 1. The van der Waals surface area contributed by atoms with Crippen LogP contribution in [0.25, 0.3) is 0 Å². The highest BCUT2D eigenvalue weighted by atomic mass is 79.9. The molecule has 0 amide bonds. The van der Waals surface area contributed by atoms with Gasteiger partial charge in [-0.05, 0) is 36.4 Å². The van der Waals surface area contributed by atoms with Crippen LogP contribution in [-0.2, 0) is 6.18 Å². The molecule has 2 rings (SSSR count). The van der Waals surface area contributed by atoms with Gasteiger partial charge in [0.15, 0.2) is 0 Å². The number of alkyl halides is 3. The molecule has 0 saturated carbocycles. The van der Waals surface area contributed by atoms with E-state index in [9.17, 15) is 13.2 Å². The van der Waals surface area contributed by atoms with Gasteiger partial charge in [-0.1, -0.05) is 28.1 Å². The van der Waals surface area contributed by atoms with Crippen LogP contribution in [0.3, 0.4) is 0 Å². The van der Waals surface area contributed by atoms with E-state index in [0.29, 0.717) is 5.56 Å². The van der Waals surface area contributed by atoms with Crippen LogP contribution in [0.2, 0.25) is 0 Å². The van der Waals surface area contributed by atoms with Crippen LogP contribution in [0.15, 0.2) is 47.2 Å². The van der Waals surface area contributed by atoms with Crippen molar-refractivity contribution in [2.45, 2.75) is 12.2 Å². The number of nitrogens with one attached hydrogen (secondary N) is 1. The zero-order valence-electron chi connectivity index (χ0n) is 10.6. The molecule has 20 heavy (non-hydrogen) atoms. The third-order valence-corrected chi connectivity index (χ3v) is 3.63. The van der Waals surface area contributed by atoms with E-state index < -0.39 is 11.7 Å². The van der Waals surface area contributed by atoms with Crippen LogP contribution in [0.1, 0.15) is 22.7 Å². The third-order valence-electron chi connectivity index (χ3n) is 2.94. The Morgan fingerprint density at radius 1 is 1.20 bits per heavy atom. The van der Waals surface area contributed by atoms with E-state index in [1.807, 2.05) is 6.07 Å². The standard InChI is InChI=1S/C14H12BrF3N2/c1-19-13(10-3-2-6-20-8-10)9-4-5-12(15)11(7-9)14(16,17)18/h2-8,13,19H,1H3. The van der Waals surface area contributed by atoms with Gasteiger partial charge in [-0.15, -0.1) is 0 Å². The lowest BCUT2D eigenvalue weighted by molar-refractivity contribution is -0.138. The predicted octanol–water partition coefficient (Wildman–Crippen LogP) is 4.17. The fourth-order valence-electron chi connectivity index (χ4n) is 2.01. The molecule has 0 bridgehead atoms. The number of halogens is 4. The zero-order chi connectivity index (χ0) is 14.8. The molecule has 0 aliphatic carbocycles. The highest BCUT2D eigenvalue weighted by molar-refractivity contribution is 9.10. The van der Waals surface area contributed by atoms with Crippen LogP contribution in [-0.4, -0.2) is 12.0 Å². The van der Waals surface area contributed by atoms with Gasteiger partial charge in [0.2, 0.25) is 0 Å². The molecule has 0 aliphatic rings. The van der Waals surface area contributed by atoms with Gasteiger partial charge in [-0.25, -0.2) is 0 Å². The van der Waals surface area contributed by atoms with Gasteiger partial charge in [0.25, 0.3) is 0 Å². The fourth-order valence-corrected chi connectivity index (χ4v) is 2.48. The number of hydrogen-bond donors (Lipinski definition) is 1. The normalized spacial score (nSPS) is 13.2. The van der Waals surface area contributed by atoms with E-state index >= 15 is 0 Å². The molecule has 1 unspecified atom stereocenters. The zero-order valence-corrected chi connectivity index (χ0v) is 12.2. The SMILES string of the molecule is CNC(c1cccnc1)c1ccc(Br)c(C(F)(F)F)c1. The van der Waals surface area contributed by atoms with Gasteiger partial charge in [-0.2, -0.15) is 13.2 Å². The quantitative estimate of drug-likeness (QED) is 0.903. The maximum absolute atomic E-state index is 12.9. The summed E-state index contributed by atoms with van der Waals surface area (Å²) in [6.45, 7) is 0. The molecule has 6 heteroatoms. The minimum Gasteiger partial charge on any atom is -0.309 e. The van der Waals surface area contributed by atoms with Crippen molar-refractivity contribution in [3.8, 4) is 0 Å². The Morgan fingerprint density at radius 2 is 1.95 bits per heavy atom. The topological polar surface area (TPSA) is 24.9 Å². The Morgan fingerprint density at radius 3 is 2.50 bits per heavy atom. The average molecular weight is 345 g/mol. The lowest BCUT2D eigenvalue weighted by Crippen LogP contribution is -2.19. The number of nitrogens with zero attached hydrogens (tertiary/aromatic N) is 1. The van der Waals surface area contributed by atoms with Crippen molar-refractivity contribution in [1.29, 1.82) is 0 Å². The van der Waals surface area contributed by atoms with Gasteiger partial charge in [-0.3, -0.25) is 4.98 Å². The Hall–Kier alpha value is -1.40. The van der Waals surface area contributed by atoms with Gasteiger partial charge < -0.3 is 5.32 Å². The van der Waals surface area contributed by atoms with E-state index in [4.69, 9.17) is 0 Å². The molecule has 1 aromatic carbocycles. The maximum Gasteiger partial charge on any atom is 0.417 e. The van der Waals surface area contributed by atoms with E-state index in [1.54, 1.807) is 31.6 Å². The van der Waals surface area contributed by atoms with Crippen LogP contribution in [0.5, 0.6) is 0 Å². The molecular formula is C14H12BrF3N2. The van der Waals surface area contributed by atoms with Gasteiger partial charge in [0, 0.05) is 16.9 Å². The van der Waals surface area contributed by atoms with Crippen molar-refractivity contribution in [2.75, 3.05) is 7.05 Å². The summed E-state index contributed by atoms with van der Waals surface area (Å²) in [7, 11) is 1.70. The van der Waals surface area contributed by atoms with Crippen LogP contribution >= 0.6 is 15.9 Å². The third kappa shape index (κ3) is 3.19. The van der Waals surface area contributed by atoms with Crippen molar-refractivity contribution in [3.05, 3.63) is 63.9 Å². The van der Waals surface area contributed by atoms with Gasteiger partial charge in [0.1, 0.15) is 0 Å². The summed E-state index contributed by atoms with van der Waals surface area (Å²) in [5, 5.41) is 3.01. The van der Waals surface area contributed by atoms with E-state index in [2.05, 4.69) is 26.2 Å². The highest BCUT2D eigenvalue weighted by Crippen LogP contribution is 2.37. The summed E-state index contributed by atoms with van der Waals surface area (Å²) in [4.78, 5) is 4.00. The number of hydrogen-bond acceptors (Lipinski definition) is 2. The van der Waals surface area contributed by atoms with Crippen molar-refractivity contribution in [3.63, 3.8) is 0 Å². The first-order valence-corrected chi connectivity index (χ1v) is 6.66. The lowest BCUT2D eigenvalue weighted by atomic mass is 9.98. The second kappa shape index (κ2) is 5.93. The summed E-state index contributed by atoms with van der Waals surface area (Å²) in [6.07, 6.45) is -1.13.